The zero-order valence-electron chi connectivity index (χ0n) is 26.9. The zero-order valence-corrected chi connectivity index (χ0v) is 23.9. The SMILES string of the molecule is [2H]C([2H])([2H])Oc1cc(C)c2c(ccn2C(=O)OC(C)(C)C)c1CN1CCC2(CCCO2)C[C@H]1c1ccc(C(=O)OC)cc1. The number of aryl methyl sites for hydroxylation is 1. The number of esters is 1. The summed E-state index contributed by atoms with van der Waals surface area (Å²) in [5.41, 5.74) is 2.61. The third kappa shape index (κ3) is 5.47. The highest BCUT2D eigenvalue weighted by Crippen LogP contribution is 2.45. The molecule has 8 heteroatoms. The highest BCUT2D eigenvalue weighted by Gasteiger charge is 2.43. The molecule has 2 saturated heterocycles. The number of carbonyl (C=O) groups is 2. The van der Waals surface area contributed by atoms with Crippen molar-refractivity contribution in [2.24, 2.45) is 0 Å². The second kappa shape index (κ2) is 10.9. The Bertz CT molecular complexity index is 1500. The molecule has 3 heterocycles. The molecule has 3 aromatic rings. The van der Waals surface area contributed by atoms with Crippen molar-refractivity contribution < 1.29 is 32.6 Å². The summed E-state index contributed by atoms with van der Waals surface area (Å²) in [6.45, 7) is 9.08. The van der Waals surface area contributed by atoms with Crippen molar-refractivity contribution >= 4 is 23.0 Å². The molecular weight excluding hydrogens is 508 g/mol. The van der Waals surface area contributed by atoms with Crippen LogP contribution >= 0.6 is 0 Å². The van der Waals surface area contributed by atoms with Crippen LogP contribution < -0.4 is 4.74 Å². The summed E-state index contributed by atoms with van der Waals surface area (Å²) >= 11 is 0. The van der Waals surface area contributed by atoms with Gasteiger partial charge in [0.05, 0.1) is 34.9 Å². The molecule has 0 radical (unpaired) electrons. The molecule has 0 saturated carbocycles. The molecule has 2 aromatic carbocycles. The van der Waals surface area contributed by atoms with Crippen LogP contribution in [0.15, 0.2) is 42.6 Å². The molecule has 5 rings (SSSR count). The fourth-order valence-electron chi connectivity index (χ4n) is 6.16. The summed E-state index contributed by atoms with van der Waals surface area (Å²) in [6, 6.07) is 10.9. The molecule has 0 aliphatic carbocycles. The van der Waals surface area contributed by atoms with Crippen molar-refractivity contribution in [3.63, 3.8) is 0 Å². The number of piperidine rings is 1. The highest BCUT2D eigenvalue weighted by molar-refractivity contribution is 5.95. The van der Waals surface area contributed by atoms with Gasteiger partial charge in [0.1, 0.15) is 11.4 Å². The third-order valence-corrected chi connectivity index (χ3v) is 8.05. The average Bonchev–Trinajstić information content (AvgIpc) is 3.58. The van der Waals surface area contributed by atoms with E-state index in [9.17, 15) is 9.59 Å². The number of ether oxygens (including phenoxy) is 4. The Hall–Kier alpha value is -3.36. The molecule has 0 amide bonds. The lowest BCUT2D eigenvalue weighted by molar-refractivity contribution is -0.0676. The minimum absolute atomic E-state index is 0.0662. The number of hydrogen-bond donors (Lipinski definition) is 0. The minimum Gasteiger partial charge on any atom is -0.496 e. The molecule has 2 aliphatic rings. The number of carbonyl (C=O) groups excluding carboxylic acids is 2. The molecule has 0 bridgehead atoms. The van der Waals surface area contributed by atoms with Crippen LogP contribution in [0.3, 0.4) is 0 Å². The Morgan fingerprint density at radius 1 is 1.18 bits per heavy atom. The smallest absolute Gasteiger partial charge is 0.419 e. The molecule has 2 atom stereocenters. The Morgan fingerprint density at radius 3 is 2.60 bits per heavy atom. The van der Waals surface area contributed by atoms with E-state index in [4.69, 9.17) is 23.1 Å². The number of likely N-dealkylation sites (tertiary alicyclic amines) is 1. The van der Waals surface area contributed by atoms with Crippen LogP contribution in [0.4, 0.5) is 4.79 Å². The van der Waals surface area contributed by atoms with Crippen molar-refractivity contribution in [3.8, 4) is 5.75 Å². The molecule has 2 aliphatic heterocycles. The fraction of sp³-hybridized carbons (Fsp3) is 0.500. The minimum atomic E-state index is -2.66. The second-order valence-electron chi connectivity index (χ2n) is 11.9. The Balaban J connectivity index is 1.57. The monoisotopic (exact) mass is 551 g/mol. The summed E-state index contributed by atoms with van der Waals surface area (Å²) in [6.07, 6.45) is 4.75. The van der Waals surface area contributed by atoms with Crippen molar-refractivity contribution in [1.82, 2.24) is 9.47 Å². The van der Waals surface area contributed by atoms with Crippen molar-refractivity contribution in [2.75, 3.05) is 27.3 Å². The molecule has 8 nitrogen and oxygen atoms in total. The molecule has 1 unspecified atom stereocenters. The Morgan fingerprint density at radius 2 is 1.95 bits per heavy atom. The largest absolute Gasteiger partial charge is 0.496 e. The van der Waals surface area contributed by atoms with Gasteiger partial charge in [0.25, 0.3) is 0 Å². The maximum atomic E-state index is 13.1. The summed E-state index contributed by atoms with van der Waals surface area (Å²) in [7, 11) is -1.30. The molecule has 1 aromatic heterocycles. The van der Waals surface area contributed by atoms with Crippen LogP contribution in [0, 0.1) is 6.92 Å². The lowest BCUT2D eigenvalue weighted by Crippen LogP contribution is -2.45. The van der Waals surface area contributed by atoms with E-state index in [0.717, 1.165) is 43.2 Å². The standard InChI is InChI=1S/C32H40N2O6/c1-21-18-27(37-5)25(24-12-15-34(28(21)24)30(36)40-31(2,3)4)20-33-16-14-32(13-7-17-39-32)19-26(33)22-8-10-23(11-9-22)29(35)38-6/h8-12,15,18,26H,7,13-14,16-17,19-20H2,1-6H3/t26-,32?/m0/s1/i5D3. The number of aromatic nitrogens is 1. The normalized spacial score (nSPS) is 23.0. The van der Waals surface area contributed by atoms with E-state index in [1.165, 1.54) is 11.7 Å². The lowest BCUT2D eigenvalue weighted by atomic mass is 9.81. The number of fused-ring (bicyclic) bond motifs is 1. The van der Waals surface area contributed by atoms with Crippen LogP contribution in [-0.4, -0.2) is 60.0 Å². The first kappa shape index (κ1) is 24.4. The number of hydrogen-bond acceptors (Lipinski definition) is 7. The summed E-state index contributed by atoms with van der Waals surface area (Å²) in [5, 5.41) is 0.724. The van der Waals surface area contributed by atoms with Gasteiger partial charge in [-0.3, -0.25) is 9.47 Å². The molecule has 0 N–H and O–H groups in total. The molecule has 1 spiro atoms. The third-order valence-electron chi connectivity index (χ3n) is 8.05. The number of methoxy groups -OCH3 is 2. The van der Waals surface area contributed by atoms with Gasteiger partial charge < -0.3 is 18.9 Å². The van der Waals surface area contributed by atoms with Gasteiger partial charge in [0.2, 0.25) is 0 Å². The van der Waals surface area contributed by atoms with Crippen molar-refractivity contribution in [3.05, 3.63) is 64.8 Å². The van der Waals surface area contributed by atoms with Crippen LogP contribution in [-0.2, 0) is 20.8 Å². The van der Waals surface area contributed by atoms with Crippen LogP contribution in [0.2, 0.25) is 0 Å². The van der Waals surface area contributed by atoms with Gasteiger partial charge in [-0.2, -0.15) is 0 Å². The Labute approximate surface area is 240 Å². The van der Waals surface area contributed by atoms with E-state index >= 15 is 0 Å². The second-order valence-corrected chi connectivity index (χ2v) is 11.9. The molecule has 214 valence electrons. The number of benzene rings is 2. The molecular formula is C32H40N2O6. The predicted molar refractivity (Wildman–Crippen MR) is 153 cm³/mol. The maximum absolute atomic E-state index is 13.1. The number of nitrogens with zero attached hydrogens (tertiary/aromatic N) is 2. The lowest BCUT2D eigenvalue weighted by Gasteiger charge is -2.45. The first-order chi connectivity index (χ1) is 20.2. The van der Waals surface area contributed by atoms with Gasteiger partial charge in [-0.1, -0.05) is 12.1 Å². The van der Waals surface area contributed by atoms with E-state index in [-0.39, 0.29) is 17.4 Å². The van der Waals surface area contributed by atoms with Gasteiger partial charge in [-0.15, -0.1) is 0 Å². The summed E-state index contributed by atoms with van der Waals surface area (Å²) in [4.78, 5) is 27.5. The zero-order chi connectivity index (χ0) is 31.2. The van der Waals surface area contributed by atoms with Gasteiger partial charge in [-0.05, 0) is 88.8 Å². The predicted octanol–water partition coefficient (Wildman–Crippen LogP) is 6.41. The quantitative estimate of drug-likeness (QED) is 0.339. The van der Waals surface area contributed by atoms with Gasteiger partial charge in [0, 0.05) is 42.9 Å². The van der Waals surface area contributed by atoms with Gasteiger partial charge >= 0.3 is 12.1 Å². The van der Waals surface area contributed by atoms with Crippen molar-refractivity contribution in [2.45, 2.75) is 77.2 Å². The fourth-order valence-corrected chi connectivity index (χ4v) is 6.16. The molecule has 40 heavy (non-hydrogen) atoms. The van der Waals surface area contributed by atoms with Crippen LogP contribution in [0.1, 0.15) is 83.7 Å². The summed E-state index contributed by atoms with van der Waals surface area (Å²) < 4.78 is 47.4. The average molecular weight is 552 g/mol. The van der Waals surface area contributed by atoms with E-state index in [1.807, 2.05) is 45.9 Å². The van der Waals surface area contributed by atoms with Crippen molar-refractivity contribution in [1.29, 1.82) is 0 Å². The van der Waals surface area contributed by atoms with E-state index in [0.29, 0.717) is 35.3 Å². The number of rotatable bonds is 5. The van der Waals surface area contributed by atoms with E-state index in [1.54, 1.807) is 24.4 Å². The first-order valence-corrected chi connectivity index (χ1v) is 13.8. The van der Waals surface area contributed by atoms with Gasteiger partial charge in [-0.25, -0.2) is 9.59 Å². The van der Waals surface area contributed by atoms with E-state index in [2.05, 4.69) is 4.90 Å². The van der Waals surface area contributed by atoms with Crippen LogP contribution in [0.25, 0.3) is 10.9 Å². The topological polar surface area (TPSA) is 79.2 Å². The molecule has 2 fully saturated rings. The van der Waals surface area contributed by atoms with E-state index < -0.39 is 24.7 Å². The van der Waals surface area contributed by atoms with Gasteiger partial charge in [0.15, 0.2) is 0 Å². The summed E-state index contributed by atoms with van der Waals surface area (Å²) in [5.74, 6) is -0.144. The van der Waals surface area contributed by atoms with Crippen LogP contribution in [0.5, 0.6) is 5.75 Å². The Kier molecular flexibility index (Phi) is 6.66. The highest BCUT2D eigenvalue weighted by atomic mass is 16.6. The first-order valence-electron chi connectivity index (χ1n) is 15.3. The maximum Gasteiger partial charge on any atom is 0.419 e.